The lowest BCUT2D eigenvalue weighted by Crippen LogP contribution is -2.33. The van der Waals surface area contributed by atoms with Crippen molar-refractivity contribution in [1.82, 2.24) is 5.32 Å². The first-order chi connectivity index (χ1) is 19.5. The number of benzene rings is 3. The molecule has 0 aliphatic heterocycles. The Kier molecular flexibility index (Phi) is 10.9. The molecule has 1 aliphatic carbocycles. The average Bonchev–Trinajstić information content (AvgIpc) is 2.96. The predicted molar refractivity (Wildman–Crippen MR) is 156 cm³/mol. The number of esters is 1. The molecular weight excluding hydrogens is 504 g/mol. The molecule has 1 atom stereocenters. The van der Waals surface area contributed by atoms with Crippen molar-refractivity contribution in [2.75, 3.05) is 32.1 Å². The van der Waals surface area contributed by atoms with Crippen LogP contribution in [-0.4, -0.2) is 50.4 Å². The van der Waals surface area contributed by atoms with Crippen molar-refractivity contribution < 1.29 is 23.9 Å². The van der Waals surface area contributed by atoms with Crippen molar-refractivity contribution in [3.8, 4) is 5.75 Å². The summed E-state index contributed by atoms with van der Waals surface area (Å²) in [4.78, 5) is 37.7. The Morgan fingerprint density at radius 1 is 0.900 bits per heavy atom. The van der Waals surface area contributed by atoms with Gasteiger partial charge in [0.2, 0.25) is 0 Å². The lowest BCUT2D eigenvalue weighted by atomic mass is 9.81. The molecule has 210 valence electrons. The molecule has 1 saturated carbocycles. The van der Waals surface area contributed by atoms with Gasteiger partial charge in [0, 0.05) is 42.1 Å². The van der Waals surface area contributed by atoms with Gasteiger partial charge < -0.3 is 20.1 Å². The Balaban J connectivity index is 1.26. The summed E-state index contributed by atoms with van der Waals surface area (Å²) in [5.74, 6) is 0.948. The lowest BCUT2D eigenvalue weighted by molar-refractivity contribution is -0.141. The zero-order valence-electron chi connectivity index (χ0n) is 23.1. The molecule has 0 aromatic heterocycles. The van der Waals surface area contributed by atoms with Crippen LogP contribution >= 0.6 is 0 Å². The van der Waals surface area contributed by atoms with Crippen LogP contribution in [0.2, 0.25) is 0 Å². The number of methoxy groups -OCH3 is 1. The molecule has 40 heavy (non-hydrogen) atoms. The minimum atomic E-state index is -0.679. The molecule has 0 unspecified atom stereocenters. The van der Waals surface area contributed by atoms with E-state index >= 15 is 0 Å². The second kappa shape index (κ2) is 15.0. The highest BCUT2D eigenvalue weighted by Gasteiger charge is 2.24. The Bertz CT molecular complexity index is 1260. The first-order valence-corrected chi connectivity index (χ1v) is 14.0. The predicted octanol–water partition coefficient (Wildman–Crippen LogP) is 5.23. The SMILES string of the molecule is COC(=O)[C@H](Cc1ccc(OCCNCCCC(=O)C2CCC2)cc1)Nc1ccccc1C(=O)c1ccccc1. The topological polar surface area (TPSA) is 93.7 Å². The number of anilines is 1. The van der Waals surface area contributed by atoms with Crippen LogP contribution in [0.3, 0.4) is 0 Å². The van der Waals surface area contributed by atoms with Crippen LogP contribution in [0.5, 0.6) is 5.75 Å². The van der Waals surface area contributed by atoms with Crippen molar-refractivity contribution in [2.24, 2.45) is 5.92 Å². The third-order valence-corrected chi connectivity index (χ3v) is 7.27. The molecule has 0 amide bonds. The Labute approximate surface area is 236 Å². The van der Waals surface area contributed by atoms with Gasteiger partial charge in [0.25, 0.3) is 0 Å². The third kappa shape index (κ3) is 8.26. The number of ether oxygens (including phenoxy) is 2. The van der Waals surface area contributed by atoms with E-state index in [0.717, 1.165) is 37.1 Å². The summed E-state index contributed by atoms with van der Waals surface area (Å²) in [5, 5.41) is 6.56. The fourth-order valence-corrected chi connectivity index (χ4v) is 4.72. The first-order valence-electron chi connectivity index (χ1n) is 14.0. The van der Waals surface area contributed by atoms with E-state index in [2.05, 4.69) is 10.6 Å². The van der Waals surface area contributed by atoms with Gasteiger partial charge in [-0.1, -0.05) is 61.0 Å². The summed E-state index contributed by atoms with van der Waals surface area (Å²) in [6.07, 6.45) is 5.25. The number of ketones is 2. The third-order valence-electron chi connectivity index (χ3n) is 7.27. The largest absolute Gasteiger partial charge is 0.492 e. The summed E-state index contributed by atoms with van der Waals surface area (Å²) in [6, 6.07) is 23.2. The quantitative estimate of drug-likeness (QED) is 0.145. The van der Waals surface area contributed by atoms with Crippen LogP contribution in [0.15, 0.2) is 78.9 Å². The fraction of sp³-hybridized carbons (Fsp3) is 0.364. The molecule has 7 heteroatoms. The van der Waals surface area contributed by atoms with Crippen molar-refractivity contribution >= 4 is 23.2 Å². The second-order valence-electron chi connectivity index (χ2n) is 10.1. The van der Waals surface area contributed by atoms with Crippen molar-refractivity contribution in [3.63, 3.8) is 0 Å². The number of para-hydroxylation sites is 1. The molecular formula is C33H38N2O5. The number of rotatable bonds is 16. The first kappa shape index (κ1) is 29.0. The molecule has 0 radical (unpaired) electrons. The highest BCUT2D eigenvalue weighted by Crippen LogP contribution is 2.28. The summed E-state index contributed by atoms with van der Waals surface area (Å²) in [6.45, 7) is 2.03. The second-order valence-corrected chi connectivity index (χ2v) is 10.1. The fourth-order valence-electron chi connectivity index (χ4n) is 4.72. The summed E-state index contributed by atoms with van der Waals surface area (Å²) >= 11 is 0. The molecule has 1 fully saturated rings. The molecule has 0 bridgehead atoms. The zero-order valence-corrected chi connectivity index (χ0v) is 23.1. The van der Waals surface area contributed by atoms with Crippen molar-refractivity contribution in [2.45, 2.75) is 44.6 Å². The van der Waals surface area contributed by atoms with Gasteiger partial charge in [0.05, 0.1) is 7.11 Å². The monoisotopic (exact) mass is 542 g/mol. The highest BCUT2D eigenvalue weighted by molar-refractivity contribution is 6.12. The number of nitrogens with one attached hydrogen (secondary N) is 2. The van der Waals surface area contributed by atoms with Crippen LogP contribution in [0.4, 0.5) is 5.69 Å². The van der Waals surface area contributed by atoms with E-state index in [1.807, 2.05) is 48.5 Å². The van der Waals surface area contributed by atoms with Crippen LogP contribution in [-0.2, 0) is 20.7 Å². The standard InChI is InChI=1S/C33H38N2O5/c1-39-33(38)30(35-29-14-6-5-13-28(29)32(37)26-9-3-2-4-10-26)23-24-16-18-27(19-17-24)40-22-21-34-20-8-15-31(36)25-11-7-12-25/h2-6,9-10,13-14,16-19,25,30,34-35H,7-8,11-12,15,20-23H2,1H3/t30-/m0/s1. The van der Waals surface area contributed by atoms with E-state index < -0.39 is 12.0 Å². The lowest BCUT2D eigenvalue weighted by Gasteiger charge is -2.23. The minimum absolute atomic E-state index is 0.120. The minimum Gasteiger partial charge on any atom is -0.492 e. The van der Waals surface area contributed by atoms with Crippen LogP contribution in [0.1, 0.15) is 53.6 Å². The van der Waals surface area contributed by atoms with Gasteiger partial charge >= 0.3 is 5.97 Å². The van der Waals surface area contributed by atoms with Gasteiger partial charge in [-0.3, -0.25) is 9.59 Å². The molecule has 0 spiro atoms. The van der Waals surface area contributed by atoms with Crippen molar-refractivity contribution in [3.05, 3.63) is 95.6 Å². The van der Waals surface area contributed by atoms with Gasteiger partial charge in [-0.05, 0) is 55.6 Å². The molecule has 3 aromatic rings. The van der Waals surface area contributed by atoms with E-state index in [1.54, 1.807) is 30.3 Å². The van der Waals surface area contributed by atoms with E-state index in [1.165, 1.54) is 13.5 Å². The molecule has 0 saturated heterocycles. The normalized spacial score (nSPS) is 13.6. The number of carbonyl (C=O) groups excluding carboxylic acids is 3. The Hall–Kier alpha value is -3.97. The van der Waals surface area contributed by atoms with Crippen LogP contribution in [0.25, 0.3) is 0 Å². The van der Waals surface area contributed by atoms with Crippen LogP contribution in [0, 0.1) is 5.92 Å². The smallest absolute Gasteiger partial charge is 0.328 e. The van der Waals surface area contributed by atoms with Crippen LogP contribution < -0.4 is 15.4 Å². The van der Waals surface area contributed by atoms with E-state index in [4.69, 9.17) is 9.47 Å². The summed E-state index contributed by atoms with van der Waals surface area (Å²) in [7, 11) is 1.36. The number of hydrogen-bond donors (Lipinski definition) is 2. The Morgan fingerprint density at radius 2 is 1.62 bits per heavy atom. The van der Waals surface area contributed by atoms with Gasteiger partial charge in [-0.15, -0.1) is 0 Å². The molecule has 7 nitrogen and oxygen atoms in total. The van der Waals surface area contributed by atoms with E-state index in [-0.39, 0.29) is 5.78 Å². The summed E-state index contributed by atoms with van der Waals surface area (Å²) in [5.41, 5.74) is 2.57. The number of Topliss-reactive ketones (excluding diaryl/α,β-unsaturated/α-hetero) is 1. The van der Waals surface area contributed by atoms with Gasteiger partial charge in [0.1, 0.15) is 24.2 Å². The Morgan fingerprint density at radius 3 is 2.33 bits per heavy atom. The average molecular weight is 543 g/mol. The molecule has 0 heterocycles. The number of hydrogen-bond acceptors (Lipinski definition) is 7. The van der Waals surface area contributed by atoms with E-state index in [9.17, 15) is 14.4 Å². The molecule has 4 rings (SSSR count). The van der Waals surface area contributed by atoms with Crippen molar-refractivity contribution in [1.29, 1.82) is 0 Å². The van der Waals surface area contributed by atoms with Gasteiger partial charge in [-0.25, -0.2) is 4.79 Å². The molecule has 2 N–H and O–H groups in total. The highest BCUT2D eigenvalue weighted by atomic mass is 16.5. The number of carbonyl (C=O) groups is 3. The zero-order chi connectivity index (χ0) is 28.2. The molecule has 3 aromatic carbocycles. The maximum Gasteiger partial charge on any atom is 0.328 e. The summed E-state index contributed by atoms with van der Waals surface area (Å²) < 4.78 is 10.9. The van der Waals surface area contributed by atoms with E-state index in [0.29, 0.717) is 54.5 Å². The molecule has 1 aliphatic rings. The maximum atomic E-state index is 13.1. The van der Waals surface area contributed by atoms with Gasteiger partial charge in [-0.2, -0.15) is 0 Å². The maximum absolute atomic E-state index is 13.1. The van der Waals surface area contributed by atoms with Gasteiger partial charge in [0.15, 0.2) is 5.78 Å².